The highest BCUT2D eigenvalue weighted by molar-refractivity contribution is 6.06. The predicted octanol–water partition coefficient (Wildman–Crippen LogP) is 6.29. The van der Waals surface area contributed by atoms with Crippen LogP contribution in [0.1, 0.15) is 42.6 Å². The Morgan fingerprint density at radius 3 is 2.60 bits per heavy atom. The number of nitrogens with zero attached hydrogens (tertiary/aromatic N) is 5. The molecule has 1 fully saturated rings. The quantitative estimate of drug-likeness (QED) is 0.236. The summed E-state index contributed by atoms with van der Waals surface area (Å²) in [5, 5.41) is 12.8. The van der Waals surface area contributed by atoms with Gasteiger partial charge in [0.15, 0.2) is 0 Å². The van der Waals surface area contributed by atoms with E-state index < -0.39 is 29.5 Å². The summed E-state index contributed by atoms with van der Waals surface area (Å²) in [5.41, 5.74) is 0.759. The first-order valence-corrected chi connectivity index (χ1v) is 14.9. The Morgan fingerprint density at radius 1 is 1.09 bits per heavy atom. The number of carbonyl (C=O) groups is 1. The number of fused-ring (bicyclic) bond motifs is 2. The minimum Gasteiger partial charge on any atom is -0.344 e. The van der Waals surface area contributed by atoms with E-state index in [1.165, 1.54) is 6.07 Å². The number of allylic oxidation sites excluding steroid dienone is 1. The smallest absolute Gasteiger partial charge is 0.344 e. The average Bonchev–Trinajstić information content (AvgIpc) is 3.38. The molecular formula is C33H35F4N7O. The summed E-state index contributed by atoms with van der Waals surface area (Å²) in [6, 6.07) is 10.9. The lowest BCUT2D eigenvalue weighted by Gasteiger charge is -2.31. The topological polar surface area (TPSA) is 78.3 Å². The van der Waals surface area contributed by atoms with Gasteiger partial charge in [-0.05, 0) is 94.1 Å². The molecule has 1 unspecified atom stereocenters. The van der Waals surface area contributed by atoms with Crippen molar-refractivity contribution in [2.45, 2.75) is 38.5 Å². The van der Waals surface area contributed by atoms with E-state index in [4.69, 9.17) is 5.10 Å². The van der Waals surface area contributed by atoms with Gasteiger partial charge in [-0.25, -0.2) is 9.07 Å². The van der Waals surface area contributed by atoms with Gasteiger partial charge in [-0.2, -0.15) is 18.3 Å². The van der Waals surface area contributed by atoms with Gasteiger partial charge in [0.25, 0.3) is 5.91 Å². The SMILES string of the molecule is CC1=C(C(=O)Nc2ccc3cnccc3c2)C(c2ccc(C(F)(F)F)c(F)c2)n2nc(CN(C)CC3CCN(C)CC3)cc2N1. The van der Waals surface area contributed by atoms with Crippen LogP contribution in [-0.4, -0.2) is 64.2 Å². The van der Waals surface area contributed by atoms with Crippen molar-refractivity contribution >= 4 is 28.2 Å². The van der Waals surface area contributed by atoms with Crippen molar-refractivity contribution in [3.63, 3.8) is 0 Å². The fourth-order valence-corrected chi connectivity index (χ4v) is 6.32. The Kier molecular flexibility index (Phi) is 8.36. The predicted molar refractivity (Wildman–Crippen MR) is 165 cm³/mol. The molecule has 236 valence electrons. The standard InChI is InChI=1S/C33H35F4N7O/c1-20-30(32(45)40-25-6-4-24-17-38-11-8-22(24)14-25)31(23-5-7-27(28(34)15-23)33(35,36)37)44-29(39-20)16-26(41-44)19-43(3)18-21-9-12-42(2)13-10-21/h4-8,11,14-17,21,31,39H,9-10,12-13,18-19H2,1-3H3,(H,40,45). The van der Waals surface area contributed by atoms with Crippen LogP contribution in [0, 0.1) is 11.7 Å². The van der Waals surface area contributed by atoms with Crippen molar-refractivity contribution in [2.75, 3.05) is 44.4 Å². The van der Waals surface area contributed by atoms with Crippen LogP contribution in [0.3, 0.4) is 0 Å². The van der Waals surface area contributed by atoms with Gasteiger partial charge in [-0.15, -0.1) is 0 Å². The molecule has 2 aromatic heterocycles. The first-order chi connectivity index (χ1) is 21.5. The number of benzene rings is 2. The molecule has 2 aliphatic heterocycles. The molecule has 0 aliphatic carbocycles. The van der Waals surface area contributed by atoms with E-state index in [0.717, 1.165) is 55.0 Å². The highest BCUT2D eigenvalue weighted by Gasteiger charge is 2.37. The summed E-state index contributed by atoms with van der Waals surface area (Å²) >= 11 is 0. The number of hydrogen-bond acceptors (Lipinski definition) is 6. The molecule has 1 amide bonds. The maximum absolute atomic E-state index is 14.9. The number of carbonyl (C=O) groups excluding carboxylic acids is 1. The summed E-state index contributed by atoms with van der Waals surface area (Å²) in [5.74, 6) is -0.753. The zero-order valence-electron chi connectivity index (χ0n) is 25.3. The van der Waals surface area contributed by atoms with Crippen LogP contribution in [-0.2, 0) is 17.5 Å². The van der Waals surface area contributed by atoms with Gasteiger partial charge in [-0.1, -0.05) is 12.1 Å². The molecule has 0 saturated carbocycles. The van der Waals surface area contributed by atoms with Crippen molar-refractivity contribution in [3.05, 3.63) is 94.8 Å². The Hall–Kier alpha value is -4.29. The number of aromatic nitrogens is 3. The fourth-order valence-electron chi connectivity index (χ4n) is 6.32. The van der Waals surface area contributed by atoms with E-state index in [0.29, 0.717) is 35.7 Å². The van der Waals surface area contributed by atoms with Gasteiger partial charge in [0.05, 0.1) is 16.8 Å². The van der Waals surface area contributed by atoms with Crippen LogP contribution in [0.15, 0.2) is 72.2 Å². The number of rotatable bonds is 7. The summed E-state index contributed by atoms with van der Waals surface area (Å²) in [6.45, 7) is 5.30. The molecule has 8 nitrogen and oxygen atoms in total. The molecule has 1 saturated heterocycles. The normalized spacial score (nSPS) is 17.9. The third-order valence-electron chi connectivity index (χ3n) is 8.62. The van der Waals surface area contributed by atoms with Crippen molar-refractivity contribution < 1.29 is 22.4 Å². The van der Waals surface area contributed by atoms with Gasteiger partial charge in [0.1, 0.15) is 17.7 Å². The molecule has 4 heterocycles. The number of nitrogens with one attached hydrogen (secondary N) is 2. The largest absolute Gasteiger partial charge is 0.419 e. The molecule has 12 heteroatoms. The number of pyridine rings is 1. The van der Waals surface area contributed by atoms with Crippen LogP contribution < -0.4 is 10.6 Å². The monoisotopic (exact) mass is 621 g/mol. The number of hydrogen-bond donors (Lipinski definition) is 2. The van der Waals surface area contributed by atoms with Crippen molar-refractivity contribution in [2.24, 2.45) is 5.92 Å². The van der Waals surface area contributed by atoms with E-state index >= 15 is 0 Å². The van der Waals surface area contributed by atoms with Crippen molar-refractivity contribution in [3.8, 4) is 0 Å². The summed E-state index contributed by atoms with van der Waals surface area (Å²) in [7, 11) is 4.17. The van der Waals surface area contributed by atoms with Crippen molar-refractivity contribution in [1.29, 1.82) is 0 Å². The minimum atomic E-state index is -4.85. The third-order valence-corrected chi connectivity index (χ3v) is 8.62. The van der Waals surface area contributed by atoms with Gasteiger partial charge < -0.3 is 20.4 Å². The molecule has 1 atom stereocenters. The number of anilines is 2. The van der Waals surface area contributed by atoms with Crippen LogP contribution >= 0.6 is 0 Å². The van der Waals surface area contributed by atoms with E-state index in [2.05, 4.69) is 32.5 Å². The molecule has 0 bridgehead atoms. The third kappa shape index (κ3) is 6.57. The van der Waals surface area contributed by atoms with Crippen molar-refractivity contribution in [1.82, 2.24) is 24.6 Å². The van der Waals surface area contributed by atoms with E-state index in [-0.39, 0.29) is 11.1 Å². The lowest BCUT2D eigenvalue weighted by Crippen LogP contribution is -2.35. The van der Waals surface area contributed by atoms with E-state index in [1.807, 2.05) is 31.3 Å². The zero-order valence-corrected chi connectivity index (χ0v) is 25.3. The lowest BCUT2D eigenvalue weighted by atomic mass is 9.93. The van der Waals surface area contributed by atoms with Gasteiger partial charge in [-0.3, -0.25) is 9.78 Å². The van der Waals surface area contributed by atoms with Gasteiger partial charge in [0.2, 0.25) is 0 Å². The van der Waals surface area contributed by atoms with Gasteiger partial charge >= 0.3 is 6.18 Å². The molecule has 2 aromatic carbocycles. The number of piperidine rings is 1. The second-order valence-corrected chi connectivity index (χ2v) is 12.1. The molecule has 0 radical (unpaired) electrons. The van der Waals surface area contributed by atoms with Crippen LogP contribution in [0.25, 0.3) is 10.8 Å². The summed E-state index contributed by atoms with van der Waals surface area (Å²) in [6.07, 6.45) is 0.772. The number of halogens is 4. The lowest BCUT2D eigenvalue weighted by molar-refractivity contribution is -0.140. The Balaban J connectivity index is 1.32. The molecule has 0 spiro atoms. The number of likely N-dealkylation sites (tertiary alicyclic amines) is 1. The Labute approximate surface area is 258 Å². The molecular weight excluding hydrogens is 586 g/mol. The highest BCUT2D eigenvalue weighted by atomic mass is 19.4. The fraction of sp³-hybridized carbons (Fsp3) is 0.364. The number of alkyl halides is 3. The van der Waals surface area contributed by atoms with E-state index in [1.54, 1.807) is 30.1 Å². The maximum atomic E-state index is 14.9. The molecule has 2 N–H and O–H groups in total. The molecule has 45 heavy (non-hydrogen) atoms. The second-order valence-electron chi connectivity index (χ2n) is 12.1. The molecule has 2 aliphatic rings. The summed E-state index contributed by atoms with van der Waals surface area (Å²) < 4.78 is 56.8. The first kappa shape index (κ1) is 30.7. The van der Waals surface area contributed by atoms with Gasteiger partial charge in [0, 0.05) is 48.3 Å². The number of amides is 1. The zero-order chi connectivity index (χ0) is 31.9. The molecule has 6 rings (SSSR count). The second kappa shape index (κ2) is 12.2. The minimum absolute atomic E-state index is 0.173. The maximum Gasteiger partial charge on any atom is 0.419 e. The van der Waals surface area contributed by atoms with E-state index in [9.17, 15) is 22.4 Å². The van der Waals surface area contributed by atoms with Crippen LogP contribution in [0.5, 0.6) is 0 Å². The Morgan fingerprint density at radius 2 is 1.87 bits per heavy atom. The Bertz CT molecular complexity index is 1760. The molecule has 4 aromatic rings. The highest BCUT2D eigenvalue weighted by Crippen LogP contribution is 2.39. The van der Waals surface area contributed by atoms with Crippen LogP contribution in [0.2, 0.25) is 0 Å². The summed E-state index contributed by atoms with van der Waals surface area (Å²) in [4.78, 5) is 22.6. The van der Waals surface area contributed by atoms with Crippen LogP contribution in [0.4, 0.5) is 29.1 Å². The first-order valence-electron chi connectivity index (χ1n) is 14.9. The average molecular weight is 622 g/mol.